The fraction of sp³-hybridized carbons (Fsp3) is 0. The van der Waals surface area contributed by atoms with Gasteiger partial charge in [-0.2, -0.15) is 0 Å². The molecule has 0 N–H and O–H groups in total. The Labute approximate surface area is 289 Å². The number of nitrogens with zero attached hydrogens (tertiary/aromatic N) is 4. The van der Waals surface area contributed by atoms with Crippen LogP contribution in [0.25, 0.3) is 89.8 Å². The van der Waals surface area contributed by atoms with Gasteiger partial charge < -0.3 is 8.98 Å². The van der Waals surface area contributed by atoms with Crippen LogP contribution in [0.5, 0.6) is 0 Å². The third-order valence-corrected chi connectivity index (χ3v) is 9.05. The highest BCUT2D eigenvalue weighted by molar-refractivity contribution is 6.20. The Morgan fingerprint density at radius 1 is 0.520 bits per heavy atom. The SMILES string of the molecule is C=C/C=C\c1oc2cccc(-c3nc(-c4ccccc4)nc(-c4ccccc4)n3)c2c1-c1cccc2c1c1ccccc1n2-c1ccccc1. The van der Waals surface area contributed by atoms with Gasteiger partial charge in [-0.1, -0.05) is 140 Å². The summed E-state index contributed by atoms with van der Waals surface area (Å²) in [6, 6.07) is 51.8. The molecule has 0 aliphatic carbocycles. The molecule has 6 aromatic carbocycles. The first-order chi connectivity index (χ1) is 24.8. The second-order valence-electron chi connectivity index (χ2n) is 12.0. The molecule has 50 heavy (non-hydrogen) atoms. The normalized spacial score (nSPS) is 11.6. The van der Waals surface area contributed by atoms with E-state index in [4.69, 9.17) is 19.4 Å². The number of fused-ring (bicyclic) bond motifs is 4. The van der Waals surface area contributed by atoms with Crippen LogP contribution in [-0.4, -0.2) is 19.5 Å². The van der Waals surface area contributed by atoms with Crippen molar-refractivity contribution in [3.63, 3.8) is 0 Å². The molecule has 0 spiro atoms. The summed E-state index contributed by atoms with van der Waals surface area (Å²) < 4.78 is 9.02. The Balaban J connectivity index is 1.38. The van der Waals surface area contributed by atoms with Crippen molar-refractivity contribution < 1.29 is 4.42 Å². The minimum absolute atomic E-state index is 0.573. The molecule has 0 fully saturated rings. The summed E-state index contributed by atoms with van der Waals surface area (Å²) in [5.74, 6) is 2.52. The summed E-state index contributed by atoms with van der Waals surface area (Å²) in [6.45, 7) is 3.94. The number of para-hydroxylation sites is 2. The van der Waals surface area contributed by atoms with Crippen molar-refractivity contribution in [2.75, 3.05) is 0 Å². The number of hydrogen-bond acceptors (Lipinski definition) is 4. The second-order valence-corrected chi connectivity index (χ2v) is 12.0. The largest absolute Gasteiger partial charge is 0.456 e. The number of benzene rings is 6. The third kappa shape index (κ3) is 4.92. The highest BCUT2D eigenvalue weighted by atomic mass is 16.3. The van der Waals surface area contributed by atoms with Crippen LogP contribution in [-0.2, 0) is 0 Å². The zero-order valence-corrected chi connectivity index (χ0v) is 27.1. The van der Waals surface area contributed by atoms with Crippen LogP contribution in [0.15, 0.2) is 175 Å². The lowest BCUT2D eigenvalue weighted by molar-refractivity contribution is 0.605. The Morgan fingerprint density at radius 3 is 1.80 bits per heavy atom. The Bertz CT molecular complexity index is 2650. The quantitative estimate of drug-likeness (QED) is 0.162. The van der Waals surface area contributed by atoms with E-state index in [1.54, 1.807) is 6.08 Å². The van der Waals surface area contributed by atoms with Crippen molar-refractivity contribution in [2.24, 2.45) is 0 Å². The molecule has 0 bridgehead atoms. The number of furan rings is 1. The lowest BCUT2D eigenvalue weighted by Gasteiger charge is -2.11. The van der Waals surface area contributed by atoms with Crippen molar-refractivity contribution >= 4 is 38.9 Å². The lowest BCUT2D eigenvalue weighted by Crippen LogP contribution is -2.00. The molecule has 9 aromatic rings. The lowest BCUT2D eigenvalue weighted by atomic mass is 9.94. The van der Waals surface area contributed by atoms with Gasteiger partial charge in [-0.25, -0.2) is 15.0 Å². The second kappa shape index (κ2) is 12.3. The summed E-state index contributed by atoms with van der Waals surface area (Å²) in [5, 5.41) is 3.23. The van der Waals surface area contributed by atoms with Crippen LogP contribution in [0.1, 0.15) is 5.76 Å². The molecule has 5 heteroatoms. The monoisotopic (exact) mass is 642 g/mol. The van der Waals surface area contributed by atoms with Crippen LogP contribution in [0.3, 0.4) is 0 Å². The summed E-state index contributed by atoms with van der Waals surface area (Å²) in [4.78, 5) is 15.2. The summed E-state index contributed by atoms with van der Waals surface area (Å²) >= 11 is 0. The molecule has 9 rings (SSSR count). The minimum Gasteiger partial charge on any atom is -0.456 e. The summed E-state index contributed by atoms with van der Waals surface area (Å²) in [6.07, 6.45) is 5.67. The Kier molecular flexibility index (Phi) is 7.21. The topological polar surface area (TPSA) is 56.7 Å². The summed E-state index contributed by atoms with van der Waals surface area (Å²) in [7, 11) is 0. The van der Waals surface area contributed by atoms with Crippen LogP contribution < -0.4 is 0 Å². The molecule has 0 atom stereocenters. The predicted octanol–water partition coefficient (Wildman–Crippen LogP) is 11.6. The van der Waals surface area contributed by atoms with E-state index >= 15 is 0 Å². The Morgan fingerprint density at radius 2 is 1.10 bits per heavy atom. The molecule has 0 amide bonds. The van der Waals surface area contributed by atoms with E-state index in [0.717, 1.165) is 72.0 Å². The van der Waals surface area contributed by atoms with Crippen molar-refractivity contribution in [1.82, 2.24) is 19.5 Å². The first kappa shape index (κ1) is 29.3. The van der Waals surface area contributed by atoms with Gasteiger partial charge in [0.1, 0.15) is 11.3 Å². The molecular weight excluding hydrogens is 613 g/mol. The molecule has 0 unspecified atom stereocenters. The third-order valence-electron chi connectivity index (χ3n) is 9.05. The van der Waals surface area contributed by atoms with Gasteiger partial charge in [0.25, 0.3) is 0 Å². The fourth-order valence-corrected chi connectivity index (χ4v) is 6.91. The van der Waals surface area contributed by atoms with Gasteiger partial charge in [-0.15, -0.1) is 0 Å². The molecule has 3 heterocycles. The van der Waals surface area contributed by atoms with Gasteiger partial charge >= 0.3 is 0 Å². The molecule has 3 aromatic heterocycles. The van der Waals surface area contributed by atoms with Crippen LogP contribution in [0.4, 0.5) is 0 Å². The van der Waals surface area contributed by atoms with Gasteiger partial charge in [0.2, 0.25) is 0 Å². The van der Waals surface area contributed by atoms with E-state index in [9.17, 15) is 0 Å². The van der Waals surface area contributed by atoms with Gasteiger partial charge in [0.15, 0.2) is 17.5 Å². The molecular formula is C45H30N4O. The van der Waals surface area contributed by atoms with E-state index in [1.807, 2.05) is 91.0 Å². The maximum atomic E-state index is 6.69. The fourth-order valence-electron chi connectivity index (χ4n) is 6.91. The Hall–Kier alpha value is -6.85. The highest BCUT2D eigenvalue weighted by Crippen LogP contribution is 2.46. The van der Waals surface area contributed by atoms with Crippen molar-refractivity contribution in [3.05, 3.63) is 176 Å². The van der Waals surface area contributed by atoms with E-state index in [-0.39, 0.29) is 0 Å². The standard InChI is InChI=1S/C45H30N4O/c1-2-3-28-38-41(34-24-15-27-37-40(34)33-23-13-14-26-36(33)49(37)32-21-11-6-12-22-32)42-35(25-16-29-39(42)50-38)45-47-43(30-17-7-4-8-18-30)46-44(48-45)31-19-9-5-10-20-31/h2-29H,1H2/b28-3-. The van der Waals surface area contributed by atoms with E-state index in [0.29, 0.717) is 17.5 Å². The number of rotatable bonds is 7. The maximum Gasteiger partial charge on any atom is 0.164 e. The average Bonchev–Trinajstić information content (AvgIpc) is 3.74. The first-order valence-corrected chi connectivity index (χ1v) is 16.6. The molecule has 0 radical (unpaired) electrons. The van der Waals surface area contributed by atoms with Gasteiger partial charge in [0.05, 0.1) is 11.0 Å². The number of aromatic nitrogens is 4. The molecule has 0 aliphatic heterocycles. The molecule has 0 saturated heterocycles. The molecule has 0 saturated carbocycles. The predicted molar refractivity (Wildman–Crippen MR) is 205 cm³/mol. The van der Waals surface area contributed by atoms with Gasteiger partial charge in [-0.05, 0) is 42.0 Å². The van der Waals surface area contributed by atoms with Gasteiger partial charge in [0, 0.05) is 44.1 Å². The van der Waals surface area contributed by atoms with Crippen LogP contribution >= 0.6 is 0 Å². The molecule has 236 valence electrons. The number of allylic oxidation sites excluding steroid dienone is 2. The van der Waals surface area contributed by atoms with E-state index < -0.39 is 0 Å². The van der Waals surface area contributed by atoms with E-state index in [1.165, 1.54) is 0 Å². The molecule has 0 aliphatic rings. The van der Waals surface area contributed by atoms with Crippen molar-refractivity contribution in [1.29, 1.82) is 0 Å². The molecule has 5 nitrogen and oxygen atoms in total. The minimum atomic E-state index is 0.573. The van der Waals surface area contributed by atoms with Crippen molar-refractivity contribution in [2.45, 2.75) is 0 Å². The van der Waals surface area contributed by atoms with Crippen molar-refractivity contribution in [3.8, 4) is 51.0 Å². The smallest absolute Gasteiger partial charge is 0.164 e. The van der Waals surface area contributed by atoms with Gasteiger partial charge in [-0.3, -0.25) is 0 Å². The zero-order valence-electron chi connectivity index (χ0n) is 27.1. The zero-order chi connectivity index (χ0) is 33.4. The van der Waals surface area contributed by atoms with Crippen LogP contribution in [0, 0.1) is 0 Å². The number of hydrogen-bond donors (Lipinski definition) is 0. The summed E-state index contributed by atoms with van der Waals surface area (Å²) in [5.41, 5.74) is 8.82. The van der Waals surface area contributed by atoms with E-state index in [2.05, 4.69) is 83.9 Å². The maximum absolute atomic E-state index is 6.69. The highest BCUT2D eigenvalue weighted by Gasteiger charge is 2.24. The van der Waals surface area contributed by atoms with Crippen LogP contribution in [0.2, 0.25) is 0 Å². The first-order valence-electron chi connectivity index (χ1n) is 16.6. The average molecular weight is 643 g/mol.